The van der Waals surface area contributed by atoms with Crippen LogP contribution in [0.5, 0.6) is 11.5 Å². The van der Waals surface area contributed by atoms with Crippen molar-refractivity contribution >= 4 is 35.1 Å². The van der Waals surface area contributed by atoms with E-state index in [1.807, 2.05) is 6.92 Å². The Morgan fingerprint density at radius 1 is 1.07 bits per heavy atom. The molecule has 6 nitrogen and oxygen atoms in total. The quantitative estimate of drug-likeness (QED) is 0.372. The largest absolute Gasteiger partial charge is 0.487 e. The highest BCUT2D eigenvalue weighted by molar-refractivity contribution is 6.42. The van der Waals surface area contributed by atoms with Crippen LogP contribution in [0.15, 0.2) is 36.4 Å². The van der Waals surface area contributed by atoms with Crippen molar-refractivity contribution < 1.29 is 32.6 Å². The molecule has 2 aromatic carbocycles. The van der Waals surface area contributed by atoms with Crippen molar-refractivity contribution in [2.24, 2.45) is 0 Å². The van der Waals surface area contributed by atoms with Gasteiger partial charge >= 0.3 is 5.97 Å². The predicted molar refractivity (Wildman–Crippen MR) is 101 cm³/mol. The summed E-state index contributed by atoms with van der Waals surface area (Å²) in [4.78, 5) is 38.1. The minimum Gasteiger partial charge on any atom is -0.487 e. The number of ether oxygens (including phenoxy) is 2. The highest BCUT2D eigenvalue weighted by atomic mass is 35.5. The smallest absolute Gasteiger partial charge is 0.311 e. The maximum atomic E-state index is 12.9. The lowest BCUT2D eigenvalue weighted by molar-refractivity contribution is -0.134. The lowest BCUT2D eigenvalue weighted by Gasteiger charge is -2.14. The molecule has 0 spiro atoms. The maximum absolute atomic E-state index is 12.9. The van der Waals surface area contributed by atoms with Gasteiger partial charge in [0.2, 0.25) is 0 Å². The molecule has 0 atom stereocenters. The van der Waals surface area contributed by atoms with Gasteiger partial charge in [0, 0.05) is 6.42 Å². The van der Waals surface area contributed by atoms with Crippen LogP contribution in [-0.2, 0) is 4.79 Å². The topological polar surface area (TPSA) is 72.9 Å². The van der Waals surface area contributed by atoms with Gasteiger partial charge in [0.1, 0.15) is 18.1 Å². The SMILES string of the molecule is CCCC(=O)Oc1ccc(N2C(=O)c3c(Cl)ccc(OCC(F)F)c3C2=O)cc1. The number of benzene rings is 2. The van der Waals surface area contributed by atoms with Crippen LogP contribution in [0.1, 0.15) is 40.5 Å². The molecule has 0 aromatic heterocycles. The number of halogens is 3. The number of imide groups is 1. The van der Waals surface area contributed by atoms with Crippen molar-refractivity contribution in [3.05, 3.63) is 52.5 Å². The molecule has 2 amide bonds. The zero-order chi connectivity index (χ0) is 21.1. The Morgan fingerprint density at radius 2 is 1.72 bits per heavy atom. The molecule has 0 saturated heterocycles. The Hall–Kier alpha value is -3.00. The van der Waals surface area contributed by atoms with Crippen molar-refractivity contribution in [3.8, 4) is 11.5 Å². The number of hydrogen-bond donors (Lipinski definition) is 0. The van der Waals surface area contributed by atoms with Crippen molar-refractivity contribution in [2.75, 3.05) is 11.5 Å². The van der Waals surface area contributed by atoms with Crippen molar-refractivity contribution in [1.29, 1.82) is 0 Å². The Bertz CT molecular complexity index is 962. The van der Waals surface area contributed by atoms with Gasteiger partial charge < -0.3 is 9.47 Å². The normalized spacial score (nSPS) is 13.1. The molecule has 3 rings (SSSR count). The monoisotopic (exact) mass is 423 g/mol. The van der Waals surface area contributed by atoms with Crippen LogP contribution in [0.3, 0.4) is 0 Å². The standard InChI is InChI=1S/C20H16ClF2NO5/c1-2-3-16(25)29-12-6-4-11(5-7-12)24-19(26)17-13(21)8-9-14(18(17)20(24)27)28-10-15(22)23/h4-9,15H,2-3,10H2,1H3. The molecule has 1 aliphatic heterocycles. The third-order valence-electron chi connectivity index (χ3n) is 4.10. The second-order valence-electron chi connectivity index (χ2n) is 6.16. The van der Waals surface area contributed by atoms with Crippen LogP contribution in [0.2, 0.25) is 5.02 Å². The first-order valence-electron chi connectivity index (χ1n) is 8.76. The fourth-order valence-corrected chi connectivity index (χ4v) is 3.09. The zero-order valence-electron chi connectivity index (χ0n) is 15.3. The number of alkyl halides is 2. The van der Waals surface area contributed by atoms with Gasteiger partial charge in [-0.1, -0.05) is 18.5 Å². The van der Waals surface area contributed by atoms with Crippen LogP contribution < -0.4 is 14.4 Å². The van der Waals surface area contributed by atoms with Crippen LogP contribution in [0.4, 0.5) is 14.5 Å². The van der Waals surface area contributed by atoms with Gasteiger partial charge in [-0.2, -0.15) is 0 Å². The second kappa shape index (κ2) is 8.57. The molecule has 0 aliphatic carbocycles. The highest BCUT2D eigenvalue weighted by Crippen LogP contribution is 2.38. The van der Waals surface area contributed by atoms with Crippen molar-refractivity contribution in [3.63, 3.8) is 0 Å². The van der Waals surface area contributed by atoms with Gasteiger partial charge in [-0.15, -0.1) is 0 Å². The molecule has 2 aromatic rings. The molecule has 0 unspecified atom stereocenters. The van der Waals surface area contributed by atoms with Crippen LogP contribution in [0.25, 0.3) is 0 Å². The minimum atomic E-state index is -2.74. The van der Waals surface area contributed by atoms with E-state index in [9.17, 15) is 23.2 Å². The second-order valence-corrected chi connectivity index (χ2v) is 6.57. The first-order chi connectivity index (χ1) is 13.8. The zero-order valence-corrected chi connectivity index (χ0v) is 16.0. The van der Waals surface area contributed by atoms with Gasteiger partial charge in [-0.3, -0.25) is 14.4 Å². The number of esters is 1. The van der Waals surface area contributed by atoms with E-state index in [0.717, 1.165) is 4.90 Å². The lowest BCUT2D eigenvalue weighted by Crippen LogP contribution is -2.29. The molecule has 0 saturated carbocycles. The number of carbonyl (C=O) groups is 3. The van der Waals surface area contributed by atoms with Crippen molar-refractivity contribution in [2.45, 2.75) is 26.2 Å². The van der Waals surface area contributed by atoms with Crippen LogP contribution in [-0.4, -0.2) is 30.8 Å². The van der Waals surface area contributed by atoms with E-state index in [1.54, 1.807) is 0 Å². The van der Waals surface area contributed by atoms with E-state index in [1.165, 1.54) is 36.4 Å². The number of hydrogen-bond acceptors (Lipinski definition) is 5. The fourth-order valence-electron chi connectivity index (χ4n) is 2.85. The van der Waals surface area contributed by atoms with E-state index in [2.05, 4.69) is 0 Å². The Labute approximate surface area is 170 Å². The molecule has 0 N–H and O–H groups in total. The number of carbonyl (C=O) groups excluding carboxylic acids is 3. The summed E-state index contributed by atoms with van der Waals surface area (Å²) in [5.74, 6) is -1.72. The first kappa shape index (κ1) is 20.7. The number of nitrogens with zero attached hydrogens (tertiary/aromatic N) is 1. The van der Waals surface area contributed by atoms with E-state index < -0.39 is 30.8 Å². The Balaban J connectivity index is 1.89. The third-order valence-corrected chi connectivity index (χ3v) is 4.41. The average molecular weight is 424 g/mol. The van der Waals surface area contributed by atoms with Gasteiger partial charge in [-0.25, -0.2) is 13.7 Å². The molecule has 0 fully saturated rings. The summed E-state index contributed by atoms with van der Waals surface area (Å²) in [7, 11) is 0. The molecule has 152 valence electrons. The summed E-state index contributed by atoms with van der Waals surface area (Å²) in [6, 6.07) is 8.35. The fraction of sp³-hybridized carbons (Fsp3) is 0.250. The van der Waals surface area contributed by atoms with E-state index in [0.29, 0.717) is 6.42 Å². The summed E-state index contributed by atoms with van der Waals surface area (Å²) in [5.41, 5.74) is -0.0640. The summed E-state index contributed by atoms with van der Waals surface area (Å²) < 4.78 is 35.1. The average Bonchev–Trinajstić information content (AvgIpc) is 2.94. The van der Waals surface area contributed by atoms with Gasteiger partial charge in [-0.05, 0) is 42.8 Å². The number of amides is 2. The van der Waals surface area contributed by atoms with Gasteiger partial charge in [0.15, 0.2) is 0 Å². The number of anilines is 1. The molecule has 0 bridgehead atoms. The summed E-state index contributed by atoms with van der Waals surface area (Å²) in [6.07, 6.45) is -1.84. The first-order valence-corrected chi connectivity index (χ1v) is 9.14. The van der Waals surface area contributed by atoms with Gasteiger partial charge in [0.05, 0.1) is 21.8 Å². The van der Waals surface area contributed by atoms with Crippen molar-refractivity contribution in [1.82, 2.24) is 0 Å². The summed E-state index contributed by atoms with van der Waals surface area (Å²) in [6.45, 7) is 0.921. The predicted octanol–water partition coefficient (Wildman–Crippen LogP) is 4.49. The van der Waals surface area contributed by atoms with Gasteiger partial charge in [0.25, 0.3) is 18.2 Å². The summed E-state index contributed by atoms with van der Waals surface area (Å²) in [5, 5.41) is 0.00960. The molecule has 0 radical (unpaired) electrons. The minimum absolute atomic E-state index is 0.00960. The molecule has 29 heavy (non-hydrogen) atoms. The lowest BCUT2D eigenvalue weighted by atomic mass is 10.1. The molecular weight excluding hydrogens is 408 g/mol. The Morgan fingerprint density at radius 3 is 2.34 bits per heavy atom. The van der Waals surface area contributed by atoms with E-state index in [4.69, 9.17) is 21.1 Å². The molecule has 1 heterocycles. The number of rotatable bonds is 7. The molecule has 9 heteroatoms. The maximum Gasteiger partial charge on any atom is 0.311 e. The highest BCUT2D eigenvalue weighted by Gasteiger charge is 2.41. The van der Waals surface area contributed by atoms with E-state index >= 15 is 0 Å². The molecule has 1 aliphatic rings. The Kier molecular flexibility index (Phi) is 6.12. The number of fused-ring (bicyclic) bond motifs is 1. The van der Waals surface area contributed by atoms with E-state index in [-0.39, 0.29) is 39.8 Å². The third kappa shape index (κ3) is 4.22. The summed E-state index contributed by atoms with van der Waals surface area (Å²) >= 11 is 6.07. The van der Waals surface area contributed by atoms with Crippen LogP contribution in [0, 0.1) is 0 Å². The molecular formula is C20H16ClF2NO5. The van der Waals surface area contributed by atoms with Crippen LogP contribution >= 0.6 is 11.6 Å².